The number of amides is 1. The summed E-state index contributed by atoms with van der Waals surface area (Å²) in [7, 11) is 0. The maximum Gasteiger partial charge on any atom is 0.251 e. The predicted octanol–water partition coefficient (Wildman–Crippen LogP) is 1.08. The maximum absolute atomic E-state index is 11.9. The van der Waals surface area contributed by atoms with Crippen LogP contribution in [0.1, 0.15) is 33.6 Å². The molecule has 0 aromatic rings. The number of hydrogen-bond donors (Lipinski definition) is 2. The van der Waals surface area contributed by atoms with Crippen LogP contribution in [0.2, 0.25) is 0 Å². The molecule has 1 unspecified atom stereocenters. The third-order valence-electron chi connectivity index (χ3n) is 2.98. The lowest BCUT2D eigenvalue weighted by atomic mass is 9.84. The molecule has 1 aliphatic heterocycles. The second-order valence-electron chi connectivity index (χ2n) is 4.70. The Morgan fingerprint density at radius 1 is 1.60 bits per heavy atom. The molecule has 0 aromatic heterocycles. The molecule has 1 heterocycles. The number of carbonyl (C=O) groups is 1. The Labute approximate surface area is 91.7 Å². The average molecular weight is 214 g/mol. The molecule has 0 saturated carbocycles. The topological polar surface area (TPSA) is 50.4 Å². The first-order chi connectivity index (χ1) is 7.10. The van der Waals surface area contributed by atoms with E-state index in [0.717, 1.165) is 25.9 Å². The van der Waals surface area contributed by atoms with Gasteiger partial charge in [0.05, 0.1) is 12.0 Å². The van der Waals surface area contributed by atoms with Gasteiger partial charge in [-0.3, -0.25) is 9.63 Å². The minimum atomic E-state index is -0.253. The van der Waals surface area contributed by atoms with E-state index in [2.05, 4.69) is 31.6 Å². The summed E-state index contributed by atoms with van der Waals surface area (Å²) in [5, 5.41) is 3.23. The van der Waals surface area contributed by atoms with Gasteiger partial charge in [-0.15, -0.1) is 0 Å². The van der Waals surface area contributed by atoms with Crippen LogP contribution in [0.15, 0.2) is 0 Å². The molecule has 1 rings (SSSR count). The van der Waals surface area contributed by atoms with Crippen LogP contribution >= 0.6 is 0 Å². The fourth-order valence-corrected chi connectivity index (χ4v) is 1.78. The largest absolute Gasteiger partial charge is 0.316 e. The average Bonchev–Trinajstić information content (AvgIpc) is 2.66. The summed E-state index contributed by atoms with van der Waals surface area (Å²) in [5.74, 6) is 0.459. The molecule has 0 spiro atoms. The summed E-state index contributed by atoms with van der Waals surface area (Å²) >= 11 is 0. The summed E-state index contributed by atoms with van der Waals surface area (Å²) in [6.07, 6.45) is 1.76. The van der Waals surface area contributed by atoms with Gasteiger partial charge in [0.25, 0.3) is 5.91 Å². The fraction of sp³-hybridized carbons (Fsp3) is 0.909. The van der Waals surface area contributed by atoms with Crippen molar-refractivity contribution in [1.82, 2.24) is 10.8 Å². The highest BCUT2D eigenvalue weighted by molar-refractivity contribution is 5.82. The van der Waals surface area contributed by atoms with Crippen LogP contribution in [-0.4, -0.2) is 25.6 Å². The SMILES string of the molecule is CCC1(C(=O)NOCC(C)C)CCNC1. The van der Waals surface area contributed by atoms with E-state index in [4.69, 9.17) is 4.84 Å². The number of carbonyl (C=O) groups excluding carboxylic acids is 1. The van der Waals surface area contributed by atoms with Crippen molar-refractivity contribution < 1.29 is 9.63 Å². The van der Waals surface area contributed by atoms with Crippen LogP contribution in [0.4, 0.5) is 0 Å². The van der Waals surface area contributed by atoms with E-state index >= 15 is 0 Å². The third-order valence-corrected chi connectivity index (χ3v) is 2.98. The summed E-state index contributed by atoms with van der Waals surface area (Å²) < 4.78 is 0. The van der Waals surface area contributed by atoms with Gasteiger partial charge in [0, 0.05) is 6.54 Å². The molecule has 1 amide bonds. The molecule has 1 atom stereocenters. The first kappa shape index (κ1) is 12.5. The van der Waals surface area contributed by atoms with Crippen LogP contribution in [0.5, 0.6) is 0 Å². The molecule has 1 aliphatic rings. The van der Waals surface area contributed by atoms with E-state index < -0.39 is 0 Å². The predicted molar refractivity (Wildman–Crippen MR) is 59.1 cm³/mol. The molecule has 0 bridgehead atoms. The van der Waals surface area contributed by atoms with Crippen LogP contribution < -0.4 is 10.8 Å². The van der Waals surface area contributed by atoms with Gasteiger partial charge in [0.2, 0.25) is 0 Å². The first-order valence-corrected chi connectivity index (χ1v) is 5.73. The molecule has 4 heteroatoms. The standard InChI is InChI=1S/C11H22N2O2/c1-4-11(5-6-12-8-11)10(14)13-15-7-9(2)3/h9,12H,4-8H2,1-3H3,(H,13,14). The normalized spacial score (nSPS) is 25.9. The second kappa shape index (κ2) is 5.47. The van der Waals surface area contributed by atoms with Gasteiger partial charge < -0.3 is 5.32 Å². The van der Waals surface area contributed by atoms with Crippen LogP contribution in [-0.2, 0) is 9.63 Å². The monoisotopic (exact) mass is 214 g/mol. The lowest BCUT2D eigenvalue weighted by Crippen LogP contribution is -2.42. The highest BCUT2D eigenvalue weighted by Crippen LogP contribution is 2.29. The minimum absolute atomic E-state index is 0.0238. The molecule has 4 nitrogen and oxygen atoms in total. The van der Waals surface area contributed by atoms with Gasteiger partial charge in [-0.25, -0.2) is 5.48 Å². The van der Waals surface area contributed by atoms with Crippen molar-refractivity contribution in [3.05, 3.63) is 0 Å². The van der Waals surface area contributed by atoms with E-state index in [1.165, 1.54) is 0 Å². The van der Waals surface area contributed by atoms with Crippen molar-refractivity contribution >= 4 is 5.91 Å². The quantitative estimate of drug-likeness (QED) is 0.673. The van der Waals surface area contributed by atoms with Crippen molar-refractivity contribution in [1.29, 1.82) is 0 Å². The zero-order chi connectivity index (χ0) is 11.3. The molecular weight excluding hydrogens is 192 g/mol. The molecular formula is C11H22N2O2. The second-order valence-corrected chi connectivity index (χ2v) is 4.70. The van der Waals surface area contributed by atoms with Crippen molar-refractivity contribution in [2.24, 2.45) is 11.3 Å². The van der Waals surface area contributed by atoms with Gasteiger partial charge in [-0.2, -0.15) is 0 Å². The smallest absolute Gasteiger partial charge is 0.251 e. The molecule has 88 valence electrons. The van der Waals surface area contributed by atoms with Crippen LogP contribution in [0.3, 0.4) is 0 Å². The van der Waals surface area contributed by atoms with E-state index in [1.807, 2.05) is 0 Å². The van der Waals surface area contributed by atoms with E-state index in [0.29, 0.717) is 12.5 Å². The number of nitrogens with one attached hydrogen (secondary N) is 2. The summed E-state index contributed by atoms with van der Waals surface area (Å²) in [4.78, 5) is 17.1. The Hall–Kier alpha value is -0.610. The molecule has 0 aromatic carbocycles. The van der Waals surface area contributed by atoms with Gasteiger partial charge in [-0.1, -0.05) is 20.8 Å². The highest BCUT2D eigenvalue weighted by atomic mass is 16.7. The molecule has 2 N–H and O–H groups in total. The molecule has 1 fully saturated rings. The fourth-order valence-electron chi connectivity index (χ4n) is 1.78. The van der Waals surface area contributed by atoms with Crippen molar-refractivity contribution in [3.63, 3.8) is 0 Å². The van der Waals surface area contributed by atoms with Crippen molar-refractivity contribution in [2.75, 3.05) is 19.7 Å². The maximum atomic E-state index is 11.9. The van der Waals surface area contributed by atoms with Crippen molar-refractivity contribution in [2.45, 2.75) is 33.6 Å². The Morgan fingerprint density at radius 3 is 2.80 bits per heavy atom. The lowest BCUT2D eigenvalue weighted by molar-refractivity contribution is -0.144. The van der Waals surface area contributed by atoms with Crippen molar-refractivity contribution in [3.8, 4) is 0 Å². The molecule has 0 radical (unpaired) electrons. The zero-order valence-corrected chi connectivity index (χ0v) is 9.93. The third kappa shape index (κ3) is 3.18. The molecule has 1 saturated heterocycles. The highest BCUT2D eigenvalue weighted by Gasteiger charge is 2.39. The van der Waals surface area contributed by atoms with E-state index in [9.17, 15) is 4.79 Å². The summed E-state index contributed by atoms with van der Waals surface area (Å²) in [5.41, 5.74) is 2.32. The van der Waals surface area contributed by atoms with Gasteiger partial charge in [-0.05, 0) is 25.3 Å². The van der Waals surface area contributed by atoms with E-state index in [-0.39, 0.29) is 11.3 Å². The van der Waals surface area contributed by atoms with Crippen LogP contribution in [0, 0.1) is 11.3 Å². The Bertz CT molecular complexity index is 211. The van der Waals surface area contributed by atoms with Gasteiger partial charge in [0.1, 0.15) is 0 Å². The Morgan fingerprint density at radius 2 is 2.33 bits per heavy atom. The number of rotatable bonds is 5. The molecule has 0 aliphatic carbocycles. The first-order valence-electron chi connectivity index (χ1n) is 5.73. The van der Waals surface area contributed by atoms with Gasteiger partial charge in [0.15, 0.2) is 0 Å². The number of hydrogen-bond acceptors (Lipinski definition) is 3. The minimum Gasteiger partial charge on any atom is -0.316 e. The Balaban J connectivity index is 2.37. The summed E-state index contributed by atoms with van der Waals surface area (Å²) in [6, 6.07) is 0. The zero-order valence-electron chi connectivity index (χ0n) is 9.93. The van der Waals surface area contributed by atoms with Gasteiger partial charge >= 0.3 is 0 Å². The van der Waals surface area contributed by atoms with Crippen LogP contribution in [0.25, 0.3) is 0 Å². The lowest BCUT2D eigenvalue weighted by Gasteiger charge is -2.24. The van der Waals surface area contributed by atoms with E-state index in [1.54, 1.807) is 0 Å². The summed E-state index contributed by atoms with van der Waals surface area (Å²) in [6.45, 7) is 8.41. The molecule has 15 heavy (non-hydrogen) atoms. The Kier molecular flexibility index (Phi) is 4.54. The number of hydroxylamine groups is 1.